The molecular weight excluding hydrogens is 248 g/mol. The van der Waals surface area contributed by atoms with Crippen LogP contribution in [0, 0.1) is 11.6 Å². The first-order valence-electron chi connectivity index (χ1n) is 6.06. The zero-order valence-corrected chi connectivity index (χ0v) is 10.4. The molecule has 0 saturated heterocycles. The van der Waals surface area contributed by atoms with Gasteiger partial charge in [-0.1, -0.05) is 6.07 Å². The largest absolute Gasteiger partial charge is 0.330 e. The maximum absolute atomic E-state index is 13.8. The van der Waals surface area contributed by atoms with Crippen LogP contribution >= 0.6 is 0 Å². The molecule has 0 aliphatic heterocycles. The molecule has 5 heteroatoms. The maximum atomic E-state index is 13.8. The van der Waals surface area contributed by atoms with Gasteiger partial charge in [-0.05, 0) is 43.3 Å². The van der Waals surface area contributed by atoms with Crippen molar-refractivity contribution in [2.75, 3.05) is 18.0 Å². The highest BCUT2D eigenvalue weighted by Crippen LogP contribution is 2.26. The molecule has 0 spiro atoms. The van der Waals surface area contributed by atoms with Gasteiger partial charge in [-0.2, -0.15) is 0 Å². The second kappa shape index (κ2) is 6.24. The molecule has 0 unspecified atom stereocenters. The minimum atomic E-state index is -0.441. The van der Waals surface area contributed by atoms with Gasteiger partial charge in [0.15, 0.2) is 11.6 Å². The fraction of sp³-hybridized carbons (Fsp3) is 0.214. The normalized spacial score (nSPS) is 10.5. The minimum Gasteiger partial charge on any atom is -0.330 e. The van der Waals surface area contributed by atoms with Crippen molar-refractivity contribution < 1.29 is 8.78 Å². The summed E-state index contributed by atoms with van der Waals surface area (Å²) in [5.41, 5.74) is 6.05. The van der Waals surface area contributed by atoms with Gasteiger partial charge in [0, 0.05) is 18.4 Å². The summed E-state index contributed by atoms with van der Waals surface area (Å²) in [6.45, 7) is 0.953. The molecule has 19 heavy (non-hydrogen) atoms. The number of rotatable bonds is 5. The molecule has 0 amide bonds. The van der Waals surface area contributed by atoms with Crippen LogP contribution < -0.4 is 10.6 Å². The van der Waals surface area contributed by atoms with Gasteiger partial charge in [0.1, 0.15) is 5.82 Å². The molecule has 0 fully saturated rings. The highest BCUT2D eigenvalue weighted by atomic mass is 19.1. The molecule has 0 atom stereocenters. The van der Waals surface area contributed by atoms with Crippen LogP contribution in [0.4, 0.5) is 20.3 Å². The fourth-order valence-electron chi connectivity index (χ4n) is 1.83. The smallest absolute Gasteiger partial charge is 0.169 e. The van der Waals surface area contributed by atoms with E-state index in [2.05, 4.69) is 4.98 Å². The summed E-state index contributed by atoms with van der Waals surface area (Å²) < 4.78 is 27.1. The molecule has 0 aliphatic carbocycles. The van der Waals surface area contributed by atoms with Crippen molar-refractivity contribution in [2.24, 2.45) is 5.73 Å². The van der Waals surface area contributed by atoms with Crippen molar-refractivity contribution in [1.82, 2.24) is 4.98 Å². The molecule has 2 rings (SSSR count). The van der Waals surface area contributed by atoms with E-state index in [-0.39, 0.29) is 11.6 Å². The van der Waals surface area contributed by atoms with Gasteiger partial charge < -0.3 is 10.6 Å². The lowest BCUT2D eigenvalue weighted by Gasteiger charge is -2.24. The van der Waals surface area contributed by atoms with Crippen LogP contribution in [0.2, 0.25) is 0 Å². The Bertz CT molecular complexity index is 546. The van der Waals surface area contributed by atoms with E-state index >= 15 is 0 Å². The molecule has 2 N–H and O–H groups in total. The third-order valence-electron chi connectivity index (χ3n) is 2.70. The zero-order chi connectivity index (χ0) is 13.7. The summed E-state index contributed by atoms with van der Waals surface area (Å²) in [6, 6.07) is 8.85. The van der Waals surface area contributed by atoms with Gasteiger partial charge in [0.05, 0.1) is 0 Å². The molecular formula is C14H15F2N3. The van der Waals surface area contributed by atoms with Crippen molar-refractivity contribution in [3.8, 4) is 0 Å². The van der Waals surface area contributed by atoms with Gasteiger partial charge in [-0.25, -0.2) is 13.8 Å². The third-order valence-corrected chi connectivity index (χ3v) is 2.70. The van der Waals surface area contributed by atoms with E-state index in [0.29, 0.717) is 25.2 Å². The average molecular weight is 263 g/mol. The number of aromatic nitrogens is 1. The lowest BCUT2D eigenvalue weighted by Crippen LogP contribution is -2.23. The predicted octanol–water partition coefficient (Wildman–Crippen LogP) is 2.85. The predicted molar refractivity (Wildman–Crippen MR) is 71.3 cm³/mol. The summed E-state index contributed by atoms with van der Waals surface area (Å²) in [6.07, 6.45) is 2.17. The van der Waals surface area contributed by atoms with Crippen LogP contribution in [0.3, 0.4) is 0 Å². The van der Waals surface area contributed by atoms with Crippen molar-refractivity contribution in [2.45, 2.75) is 6.42 Å². The number of anilines is 2. The lowest BCUT2D eigenvalue weighted by atomic mass is 10.2. The molecule has 100 valence electrons. The van der Waals surface area contributed by atoms with Crippen LogP contribution in [-0.4, -0.2) is 18.1 Å². The fourth-order valence-corrected chi connectivity index (χ4v) is 1.83. The van der Waals surface area contributed by atoms with Crippen LogP contribution in [0.15, 0.2) is 42.6 Å². The van der Waals surface area contributed by atoms with Crippen molar-refractivity contribution in [3.05, 3.63) is 54.2 Å². The minimum absolute atomic E-state index is 0.182. The van der Waals surface area contributed by atoms with E-state index in [0.717, 1.165) is 0 Å². The van der Waals surface area contributed by atoms with Gasteiger partial charge in [-0.3, -0.25) is 0 Å². The molecule has 3 nitrogen and oxygen atoms in total. The number of hydrogen-bond acceptors (Lipinski definition) is 3. The number of benzene rings is 1. The molecule has 0 bridgehead atoms. The van der Waals surface area contributed by atoms with E-state index < -0.39 is 5.82 Å². The second-order valence-corrected chi connectivity index (χ2v) is 4.08. The summed E-state index contributed by atoms with van der Waals surface area (Å²) >= 11 is 0. The number of hydrogen-bond donors (Lipinski definition) is 1. The van der Waals surface area contributed by atoms with E-state index in [1.54, 1.807) is 17.0 Å². The first kappa shape index (κ1) is 13.4. The zero-order valence-electron chi connectivity index (χ0n) is 10.4. The molecule has 0 saturated carbocycles. The Labute approximate surface area is 110 Å². The molecule has 1 aromatic heterocycles. The topological polar surface area (TPSA) is 42.1 Å². The Morgan fingerprint density at radius 3 is 2.68 bits per heavy atom. The second-order valence-electron chi connectivity index (χ2n) is 4.08. The molecule has 2 aromatic rings. The van der Waals surface area contributed by atoms with E-state index in [9.17, 15) is 8.78 Å². The molecule has 0 radical (unpaired) electrons. The van der Waals surface area contributed by atoms with Crippen LogP contribution in [0.5, 0.6) is 0 Å². The summed E-state index contributed by atoms with van der Waals surface area (Å²) in [5, 5.41) is 0. The Hall–Kier alpha value is -2.01. The van der Waals surface area contributed by atoms with Crippen molar-refractivity contribution in [1.29, 1.82) is 0 Å². The summed E-state index contributed by atoms with van der Waals surface area (Å²) in [5.74, 6) is -0.628. The Morgan fingerprint density at radius 2 is 2.00 bits per heavy atom. The Balaban J connectivity index is 2.38. The van der Waals surface area contributed by atoms with Gasteiger partial charge in [-0.15, -0.1) is 0 Å². The number of nitrogens with zero attached hydrogens (tertiary/aromatic N) is 2. The molecule has 1 heterocycles. The van der Waals surface area contributed by atoms with Crippen molar-refractivity contribution in [3.63, 3.8) is 0 Å². The molecule has 0 aliphatic rings. The quantitative estimate of drug-likeness (QED) is 0.902. The van der Waals surface area contributed by atoms with Crippen LogP contribution in [0.25, 0.3) is 0 Å². The summed E-state index contributed by atoms with van der Waals surface area (Å²) in [4.78, 5) is 5.66. The first-order chi connectivity index (χ1) is 9.22. The van der Waals surface area contributed by atoms with Gasteiger partial charge in [0.2, 0.25) is 0 Å². The Kier molecular flexibility index (Phi) is 4.41. The van der Waals surface area contributed by atoms with Gasteiger partial charge >= 0.3 is 0 Å². The number of halogens is 2. The van der Waals surface area contributed by atoms with E-state index in [4.69, 9.17) is 5.73 Å². The number of nitrogens with two attached hydrogens (primary N) is 1. The highest BCUT2D eigenvalue weighted by Gasteiger charge is 2.14. The Morgan fingerprint density at radius 1 is 1.16 bits per heavy atom. The van der Waals surface area contributed by atoms with Crippen LogP contribution in [-0.2, 0) is 0 Å². The van der Waals surface area contributed by atoms with Crippen LogP contribution in [0.1, 0.15) is 6.42 Å². The highest BCUT2D eigenvalue weighted by molar-refractivity contribution is 5.60. The van der Waals surface area contributed by atoms with Gasteiger partial charge in [0.25, 0.3) is 0 Å². The number of pyridine rings is 1. The third kappa shape index (κ3) is 3.26. The standard InChI is InChI=1S/C14H15F2N3/c15-11-4-1-5-12(10-11)19(9-3-7-17)14-13(16)6-2-8-18-14/h1-2,4-6,8,10H,3,7,9,17H2. The lowest BCUT2D eigenvalue weighted by molar-refractivity contribution is 0.613. The SMILES string of the molecule is NCCCN(c1cccc(F)c1)c1ncccc1F. The maximum Gasteiger partial charge on any atom is 0.169 e. The summed E-state index contributed by atoms with van der Waals surface area (Å²) in [7, 11) is 0. The van der Waals surface area contributed by atoms with E-state index in [1.165, 1.54) is 30.5 Å². The average Bonchev–Trinajstić information content (AvgIpc) is 2.41. The first-order valence-corrected chi connectivity index (χ1v) is 6.06. The molecule has 1 aromatic carbocycles. The monoisotopic (exact) mass is 263 g/mol. The van der Waals surface area contributed by atoms with Crippen molar-refractivity contribution >= 4 is 11.5 Å². The van der Waals surface area contributed by atoms with E-state index in [1.807, 2.05) is 0 Å².